The van der Waals surface area contributed by atoms with Crippen molar-refractivity contribution in [1.82, 2.24) is 9.88 Å². The van der Waals surface area contributed by atoms with Gasteiger partial charge in [0.2, 0.25) is 0 Å². The highest BCUT2D eigenvalue weighted by molar-refractivity contribution is 7.17. The fraction of sp³-hybridized carbons (Fsp3) is 0.320. The maximum atomic E-state index is 13.3. The van der Waals surface area contributed by atoms with Crippen molar-refractivity contribution < 1.29 is 32.6 Å². The van der Waals surface area contributed by atoms with E-state index in [-0.39, 0.29) is 23.1 Å². The topological polar surface area (TPSA) is 79.7 Å². The average molecular weight is 505 g/mol. The van der Waals surface area contributed by atoms with Gasteiger partial charge >= 0.3 is 12.1 Å². The van der Waals surface area contributed by atoms with Crippen molar-refractivity contribution in [2.75, 3.05) is 20.2 Å². The molecular formula is C25H23F3N2O4S. The van der Waals surface area contributed by atoms with Crippen LogP contribution in [0.25, 0.3) is 10.6 Å². The molecule has 0 radical (unpaired) electrons. The van der Waals surface area contributed by atoms with Gasteiger partial charge in [-0.05, 0) is 49.6 Å². The number of aromatic carboxylic acids is 1. The predicted octanol–water partition coefficient (Wildman–Crippen LogP) is 5.86. The van der Waals surface area contributed by atoms with Crippen molar-refractivity contribution in [2.45, 2.75) is 31.9 Å². The third-order valence-electron chi connectivity index (χ3n) is 6.08. The molecule has 2 heterocycles. The van der Waals surface area contributed by atoms with E-state index in [1.54, 1.807) is 24.0 Å². The summed E-state index contributed by atoms with van der Waals surface area (Å²) < 4.78 is 43.7. The number of aromatic nitrogens is 1. The van der Waals surface area contributed by atoms with Crippen LogP contribution < -0.4 is 4.74 Å². The highest BCUT2D eigenvalue weighted by Gasteiger charge is 2.31. The number of halogens is 3. The zero-order valence-corrected chi connectivity index (χ0v) is 19.9. The van der Waals surface area contributed by atoms with Crippen molar-refractivity contribution in [3.05, 3.63) is 69.7 Å². The summed E-state index contributed by atoms with van der Waals surface area (Å²) in [6, 6.07) is 9.77. The number of benzene rings is 2. The lowest BCUT2D eigenvalue weighted by molar-refractivity contribution is -0.137. The summed E-state index contributed by atoms with van der Waals surface area (Å²) in [5, 5.41) is 9.97. The second kappa shape index (κ2) is 9.69. The molecule has 35 heavy (non-hydrogen) atoms. The Kier molecular flexibility index (Phi) is 6.84. The minimum atomic E-state index is -4.42. The van der Waals surface area contributed by atoms with Crippen LogP contribution in [0.15, 0.2) is 42.5 Å². The molecule has 0 aliphatic carbocycles. The van der Waals surface area contributed by atoms with Crippen LogP contribution in [-0.4, -0.2) is 47.1 Å². The predicted molar refractivity (Wildman–Crippen MR) is 125 cm³/mol. The first-order valence-electron chi connectivity index (χ1n) is 10.9. The third kappa shape index (κ3) is 5.17. The second-order valence-electron chi connectivity index (χ2n) is 8.36. The number of aryl methyl sites for hydroxylation is 1. The Morgan fingerprint density at radius 1 is 1.17 bits per heavy atom. The molecular weight excluding hydrogens is 481 g/mol. The Hall–Kier alpha value is -3.40. The number of rotatable bonds is 5. The van der Waals surface area contributed by atoms with Crippen molar-refractivity contribution in [3.8, 4) is 16.3 Å². The molecule has 6 nitrogen and oxygen atoms in total. The lowest BCUT2D eigenvalue weighted by Crippen LogP contribution is -2.39. The van der Waals surface area contributed by atoms with Crippen molar-refractivity contribution >= 4 is 23.2 Å². The number of thiazole rings is 1. The van der Waals surface area contributed by atoms with Crippen molar-refractivity contribution in [2.24, 2.45) is 0 Å². The number of carboxylic acid groups (broad SMARTS) is 1. The first-order valence-corrected chi connectivity index (χ1v) is 11.8. The summed E-state index contributed by atoms with van der Waals surface area (Å²) in [5.41, 5.74) is 1.20. The fourth-order valence-electron chi connectivity index (χ4n) is 4.24. The van der Waals surface area contributed by atoms with Crippen LogP contribution in [-0.2, 0) is 6.18 Å². The monoisotopic (exact) mass is 504 g/mol. The van der Waals surface area contributed by atoms with Crippen LogP contribution in [0.2, 0.25) is 0 Å². The summed E-state index contributed by atoms with van der Waals surface area (Å²) in [4.78, 5) is 31.5. The molecule has 1 aromatic heterocycles. The van der Waals surface area contributed by atoms with Crippen LogP contribution in [0, 0.1) is 6.92 Å². The number of ether oxygens (including phenoxy) is 1. The van der Waals surface area contributed by atoms with Gasteiger partial charge in [0.25, 0.3) is 5.91 Å². The van der Waals surface area contributed by atoms with E-state index in [1.165, 1.54) is 19.2 Å². The number of amides is 1. The van der Waals surface area contributed by atoms with E-state index in [2.05, 4.69) is 4.98 Å². The van der Waals surface area contributed by atoms with Gasteiger partial charge in [0.15, 0.2) is 0 Å². The molecule has 10 heteroatoms. The van der Waals surface area contributed by atoms with Crippen LogP contribution in [0.5, 0.6) is 5.75 Å². The Morgan fingerprint density at radius 2 is 1.89 bits per heavy atom. The molecule has 1 aliphatic rings. The molecule has 2 aromatic carbocycles. The number of hydrogen-bond donors (Lipinski definition) is 1. The summed E-state index contributed by atoms with van der Waals surface area (Å²) in [6.45, 7) is 2.70. The molecule has 1 saturated heterocycles. The van der Waals surface area contributed by atoms with Gasteiger partial charge in [-0.2, -0.15) is 13.2 Å². The zero-order chi connectivity index (χ0) is 25.3. The Morgan fingerprint density at radius 3 is 2.51 bits per heavy atom. The van der Waals surface area contributed by atoms with Gasteiger partial charge in [-0.3, -0.25) is 4.79 Å². The quantitative estimate of drug-likeness (QED) is 0.471. The third-order valence-corrected chi connectivity index (χ3v) is 7.28. The highest BCUT2D eigenvalue weighted by Crippen LogP contribution is 2.35. The lowest BCUT2D eigenvalue weighted by Gasteiger charge is -2.33. The van der Waals surface area contributed by atoms with E-state index < -0.39 is 17.7 Å². The largest absolute Gasteiger partial charge is 0.496 e. The normalized spacial score (nSPS) is 16.3. The number of piperidine rings is 1. The number of likely N-dealkylation sites (tertiary alicyclic amines) is 1. The molecule has 1 amide bonds. The fourth-order valence-corrected chi connectivity index (χ4v) is 5.28. The van der Waals surface area contributed by atoms with Gasteiger partial charge in [0, 0.05) is 24.6 Å². The maximum Gasteiger partial charge on any atom is 0.416 e. The standard InChI is InChI=1S/C25H23F3N2O4S/c1-14-21(35-22(29-14)15-5-8-18(9-6-15)25(26,27)28)23(31)30-11-3-4-17(13-30)16-7-10-20(34-2)19(12-16)24(32)33/h5-10,12,17H,3-4,11,13H2,1-2H3,(H,32,33)/t17-/m0/s1. The zero-order valence-electron chi connectivity index (χ0n) is 19.1. The van der Waals surface area contributed by atoms with Gasteiger partial charge in [-0.25, -0.2) is 9.78 Å². The molecule has 4 rings (SSSR count). The van der Waals surface area contributed by atoms with Crippen molar-refractivity contribution in [1.29, 1.82) is 0 Å². The van der Waals surface area contributed by atoms with E-state index in [1.807, 2.05) is 6.07 Å². The number of methoxy groups -OCH3 is 1. The molecule has 1 fully saturated rings. The molecule has 1 N–H and O–H groups in total. The van der Waals surface area contributed by atoms with Crippen LogP contribution >= 0.6 is 11.3 Å². The second-order valence-corrected chi connectivity index (χ2v) is 9.36. The Labute approximate surface area is 204 Å². The summed E-state index contributed by atoms with van der Waals surface area (Å²) in [7, 11) is 1.42. The van der Waals surface area contributed by atoms with Gasteiger partial charge in [-0.1, -0.05) is 18.2 Å². The number of carbonyl (C=O) groups excluding carboxylic acids is 1. The number of carboxylic acids is 1. The van der Waals surface area contributed by atoms with Gasteiger partial charge in [-0.15, -0.1) is 11.3 Å². The SMILES string of the molecule is COc1ccc([C@H]2CCCN(C(=O)c3sc(-c4ccc(C(F)(F)F)cc4)nc3C)C2)cc1C(=O)O. The molecule has 1 aliphatic heterocycles. The van der Waals surface area contributed by atoms with E-state index in [0.717, 1.165) is 41.9 Å². The van der Waals surface area contributed by atoms with Gasteiger partial charge in [0.05, 0.1) is 18.4 Å². The number of carbonyl (C=O) groups is 2. The van der Waals surface area contributed by atoms with Crippen LogP contribution in [0.1, 0.15) is 55.6 Å². The van der Waals surface area contributed by atoms with E-state index in [9.17, 15) is 27.9 Å². The molecule has 184 valence electrons. The molecule has 0 unspecified atom stereocenters. The first kappa shape index (κ1) is 24.7. The molecule has 1 atom stereocenters. The highest BCUT2D eigenvalue weighted by atomic mass is 32.1. The molecule has 0 spiro atoms. The average Bonchev–Trinajstić information content (AvgIpc) is 3.24. The lowest BCUT2D eigenvalue weighted by atomic mass is 9.89. The number of nitrogens with zero attached hydrogens (tertiary/aromatic N) is 2. The summed E-state index contributed by atoms with van der Waals surface area (Å²) in [5.74, 6) is -1.02. The molecule has 0 bridgehead atoms. The maximum absolute atomic E-state index is 13.3. The van der Waals surface area contributed by atoms with Gasteiger partial charge in [0.1, 0.15) is 21.2 Å². The Balaban J connectivity index is 1.54. The minimum Gasteiger partial charge on any atom is -0.496 e. The van der Waals surface area contributed by atoms with Crippen LogP contribution in [0.4, 0.5) is 13.2 Å². The van der Waals surface area contributed by atoms with Gasteiger partial charge < -0.3 is 14.7 Å². The number of hydrogen-bond acceptors (Lipinski definition) is 5. The first-order chi connectivity index (χ1) is 16.6. The minimum absolute atomic E-state index is 0.0284. The summed E-state index contributed by atoms with van der Waals surface area (Å²) in [6.07, 6.45) is -2.85. The van der Waals surface area contributed by atoms with E-state index in [0.29, 0.717) is 34.2 Å². The van der Waals surface area contributed by atoms with Crippen LogP contribution in [0.3, 0.4) is 0 Å². The Bertz CT molecular complexity index is 1250. The smallest absolute Gasteiger partial charge is 0.416 e. The summed E-state index contributed by atoms with van der Waals surface area (Å²) >= 11 is 1.16. The van der Waals surface area contributed by atoms with E-state index >= 15 is 0 Å². The number of alkyl halides is 3. The van der Waals surface area contributed by atoms with Crippen molar-refractivity contribution in [3.63, 3.8) is 0 Å². The van der Waals surface area contributed by atoms with E-state index in [4.69, 9.17) is 4.74 Å². The molecule has 0 saturated carbocycles. The molecule has 3 aromatic rings.